The predicted molar refractivity (Wildman–Crippen MR) is 61.7 cm³/mol. The topological polar surface area (TPSA) is 0 Å². The van der Waals surface area contributed by atoms with Gasteiger partial charge in [0.1, 0.15) is 0 Å². The lowest BCUT2D eigenvalue weighted by atomic mass is 10.0. The molecule has 0 spiro atoms. The molecule has 0 aliphatic carbocycles. The highest BCUT2D eigenvalue weighted by Gasteiger charge is 1.94. The van der Waals surface area contributed by atoms with Gasteiger partial charge in [-0.25, -0.2) is 0 Å². The second-order valence-electron chi connectivity index (χ2n) is 2.66. The van der Waals surface area contributed by atoms with Crippen LogP contribution in [0.15, 0.2) is 0 Å². The van der Waals surface area contributed by atoms with Crippen LogP contribution in [0.1, 0.15) is 74.1 Å². The molecular formula is C12H30. The Bertz CT molecular complexity index is 39.3. The quantitative estimate of drug-likeness (QED) is 0.544. The summed E-state index contributed by atoms with van der Waals surface area (Å²) in [4.78, 5) is 0. The Kier molecular flexibility index (Phi) is 33.5. The second-order valence-corrected chi connectivity index (χ2v) is 2.66. The lowest BCUT2D eigenvalue weighted by molar-refractivity contribution is 0.492. The summed E-state index contributed by atoms with van der Waals surface area (Å²) in [5.41, 5.74) is 0. The van der Waals surface area contributed by atoms with Crippen molar-refractivity contribution in [2.45, 2.75) is 74.1 Å². The van der Waals surface area contributed by atoms with E-state index in [-0.39, 0.29) is 0 Å². The first-order chi connectivity index (χ1) is 5.81. The Labute approximate surface area is 80.8 Å². The minimum Gasteiger partial charge on any atom is -0.0683 e. The van der Waals surface area contributed by atoms with Crippen molar-refractivity contribution >= 4 is 0 Å². The fourth-order valence-corrected chi connectivity index (χ4v) is 0.757. The highest BCUT2D eigenvalue weighted by atomic mass is 14.0. The summed E-state index contributed by atoms with van der Waals surface area (Å²) in [6, 6.07) is 0. The van der Waals surface area contributed by atoms with E-state index in [0.29, 0.717) is 0 Å². The van der Waals surface area contributed by atoms with Gasteiger partial charge in [-0.15, -0.1) is 0 Å². The van der Waals surface area contributed by atoms with E-state index in [9.17, 15) is 0 Å². The van der Waals surface area contributed by atoms with Crippen molar-refractivity contribution in [1.29, 1.82) is 0 Å². The van der Waals surface area contributed by atoms with Gasteiger partial charge >= 0.3 is 0 Å². The van der Waals surface area contributed by atoms with Crippen molar-refractivity contribution in [1.82, 2.24) is 0 Å². The Morgan fingerprint density at radius 3 is 1.58 bits per heavy atom. The first kappa shape index (κ1) is 17.9. The summed E-state index contributed by atoms with van der Waals surface area (Å²) in [5, 5.41) is 0. The van der Waals surface area contributed by atoms with E-state index in [0.717, 1.165) is 5.92 Å². The van der Waals surface area contributed by atoms with E-state index < -0.39 is 0 Å². The fourth-order valence-electron chi connectivity index (χ4n) is 0.757. The van der Waals surface area contributed by atoms with Crippen LogP contribution in [0.25, 0.3) is 0 Å². The summed E-state index contributed by atoms with van der Waals surface area (Å²) < 4.78 is 0. The van der Waals surface area contributed by atoms with Crippen molar-refractivity contribution < 1.29 is 0 Å². The van der Waals surface area contributed by atoms with Crippen molar-refractivity contribution in [3.05, 3.63) is 0 Å². The van der Waals surface area contributed by atoms with Crippen LogP contribution in [0.2, 0.25) is 0 Å². The van der Waals surface area contributed by atoms with Crippen LogP contribution in [0.5, 0.6) is 0 Å². The zero-order chi connectivity index (χ0) is 10.4. The van der Waals surface area contributed by atoms with Crippen LogP contribution in [0.4, 0.5) is 0 Å². The molecule has 78 valence electrons. The van der Waals surface area contributed by atoms with Crippen LogP contribution < -0.4 is 0 Å². The molecule has 0 aliphatic rings. The van der Waals surface area contributed by atoms with Gasteiger partial charge in [0.15, 0.2) is 0 Å². The zero-order valence-corrected chi connectivity index (χ0v) is 10.4. The molecule has 1 unspecified atom stereocenters. The van der Waals surface area contributed by atoms with E-state index in [1.165, 1.54) is 25.7 Å². The number of hydrogen-bond donors (Lipinski definition) is 0. The molecule has 0 aromatic heterocycles. The Morgan fingerprint density at radius 2 is 1.33 bits per heavy atom. The lowest BCUT2D eigenvalue weighted by Crippen LogP contribution is -1.89. The maximum Gasteiger partial charge on any atom is -0.0445 e. The highest BCUT2D eigenvalue weighted by Crippen LogP contribution is 2.09. The monoisotopic (exact) mass is 174 g/mol. The molecule has 0 rings (SSSR count). The molecular weight excluding hydrogens is 144 g/mol. The molecule has 0 bridgehead atoms. The van der Waals surface area contributed by atoms with Crippen molar-refractivity contribution in [3.8, 4) is 0 Å². The van der Waals surface area contributed by atoms with Gasteiger partial charge in [0, 0.05) is 0 Å². The van der Waals surface area contributed by atoms with E-state index in [1.54, 1.807) is 0 Å². The normalized spacial score (nSPS) is 10.2. The lowest BCUT2D eigenvalue weighted by Gasteiger charge is -2.04. The summed E-state index contributed by atoms with van der Waals surface area (Å²) in [7, 11) is 0. The summed E-state index contributed by atoms with van der Waals surface area (Å²) >= 11 is 0. The minimum absolute atomic E-state index is 0.954. The Balaban J connectivity index is -0.000000175. The van der Waals surface area contributed by atoms with Crippen LogP contribution in [0.3, 0.4) is 0 Å². The van der Waals surface area contributed by atoms with Crippen molar-refractivity contribution in [2.75, 3.05) is 0 Å². The molecule has 0 N–H and O–H groups in total. The maximum absolute atomic E-state index is 2.33. The van der Waals surface area contributed by atoms with Crippen LogP contribution >= 0.6 is 0 Å². The van der Waals surface area contributed by atoms with Crippen molar-refractivity contribution in [2.24, 2.45) is 5.92 Å². The molecule has 0 fully saturated rings. The number of hydrogen-bond acceptors (Lipinski definition) is 0. The largest absolute Gasteiger partial charge is 0.0683 e. The van der Waals surface area contributed by atoms with E-state index in [1.807, 2.05) is 27.7 Å². The molecule has 0 nitrogen and oxygen atoms in total. The van der Waals surface area contributed by atoms with Crippen LogP contribution in [-0.4, -0.2) is 0 Å². The van der Waals surface area contributed by atoms with Gasteiger partial charge in [-0.2, -0.15) is 0 Å². The Hall–Kier alpha value is 0. The van der Waals surface area contributed by atoms with Crippen LogP contribution in [-0.2, 0) is 0 Å². The van der Waals surface area contributed by atoms with Gasteiger partial charge in [-0.3, -0.25) is 0 Å². The molecule has 0 amide bonds. The SMILES string of the molecule is CC.CC.CCCCC(C)CC. The van der Waals surface area contributed by atoms with Gasteiger partial charge < -0.3 is 0 Å². The smallest absolute Gasteiger partial charge is 0.0445 e. The minimum atomic E-state index is 0.954. The maximum atomic E-state index is 2.33. The molecule has 1 atom stereocenters. The summed E-state index contributed by atoms with van der Waals surface area (Å²) in [5.74, 6) is 0.954. The van der Waals surface area contributed by atoms with Gasteiger partial charge in [0.05, 0.1) is 0 Å². The standard InChI is InChI=1S/C8H18.2C2H6/c1-4-6-7-8(3)5-2;2*1-2/h8H,4-7H2,1-3H3;2*1-2H3. The third kappa shape index (κ3) is 22.5. The third-order valence-corrected chi connectivity index (χ3v) is 1.75. The summed E-state index contributed by atoms with van der Waals surface area (Å²) in [6.45, 7) is 14.8. The third-order valence-electron chi connectivity index (χ3n) is 1.75. The average molecular weight is 174 g/mol. The van der Waals surface area contributed by atoms with Gasteiger partial charge in [0.25, 0.3) is 0 Å². The number of unbranched alkanes of at least 4 members (excludes halogenated alkanes) is 1. The average Bonchev–Trinajstić information content (AvgIpc) is 2.20. The van der Waals surface area contributed by atoms with E-state index >= 15 is 0 Å². The molecule has 0 aromatic rings. The van der Waals surface area contributed by atoms with Gasteiger partial charge in [-0.1, -0.05) is 74.1 Å². The molecule has 0 aromatic carbocycles. The highest BCUT2D eigenvalue weighted by molar-refractivity contribution is 4.47. The van der Waals surface area contributed by atoms with E-state index in [2.05, 4.69) is 20.8 Å². The molecule has 0 saturated carbocycles. The predicted octanol–water partition coefficient (Wildman–Crippen LogP) is 5.28. The van der Waals surface area contributed by atoms with E-state index in [4.69, 9.17) is 0 Å². The summed E-state index contributed by atoms with van der Waals surface area (Å²) in [6.07, 6.45) is 5.53. The first-order valence-electron chi connectivity index (χ1n) is 5.81. The molecule has 0 radical (unpaired) electrons. The first-order valence-corrected chi connectivity index (χ1v) is 5.81. The van der Waals surface area contributed by atoms with Gasteiger partial charge in [-0.05, 0) is 5.92 Å². The second kappa shape index (κ2) is 22.4. The number of rotatable bonds is 4. The zero-order valence-electron chi connectivity index (χ0n) is 10.4. The van der Waals surface area contributed by atoms with Crippen LogP contribution in [0, 0.1) is 5.92 Å². The molecule has 0 aliphatic heterocycles. The Morgan fingerprint density at radius 1 is 0.917 bits per heavy atom. The van der Waals surface area contributed by atoms with Gasteiger partial charge in [0.2, 0.25) is 0 Å². The molecule has 12 heavy (non-hydrogen) atoms. The molecule has 0 heteroatoms. The molecule has 0 heterocycles. The fraction of sp³-hybridized carbons (Fsp3) is 1.00. The molecule has 0 saturated heterocycles. The van der Waals surface area contributed by atoms with Crippen molar-refractivity contribution in [3.63, 3.8) is 0 Å².